The van der Waals surface area contributed by atoms with Crippen molar-refractivity contribution >= 4 is 35.1 Å². The number of benzene rings is 2. The van der Waals surface area contributed by atoms with Gasteiger partial charge >= 0.3 is 5.97 Å². The predicted octanol–water partition coefficient (Wildman–Crippen LogP) is 3.96. The third-order valence-electron chi connectivity index (χ3n) is 3.63. The summed E-state index contributed by atoms with van der Waals surface area (Å²) in [5.74, 6) is -0.878. The van der Waals surface area contributed by atoms with E-state index in [9.17, 15) is 9.59 Å². The molecular formula is C19H19Cl2NO4. The number of rotatable bonds is 7. The van der Waals surface area contributed by atoms with Gasteiger partial charge in [0.2, 0.25) is 0 Å². The van der Waals surface area contributed by atoms with Crippen molar-refractivity contribution in [3.63, 3.8) is 0 Å². The van der Waals surface area contributed by atoms with Crippen LogP contribution in [0.15, 0.2) is 42.5 Å². The fourth-order valence-corrected chi connectivity index (χ4v) is 2.60. The number of esters is 1. The van der Waals surface area contributed by atoms with Gasteiger partial charge in [0.05, 0.1) is 22.2 Å². The third kappa shape index (κ3) is 5.73. The molecule has 0 radical (unpaired) electrons. The van der Waals surface area contributed by atoms with Crippen molar-refractivity contribution in [1.82, 2.24) is 4.90 Å². The molecule has 0 heterocycles. The molecule has 0 atom stereocenters. The Morgan fingerprint density at radius 1 is 1.04 bits per heavy atom. The van der Waals surface area contributed by atoms with E-state index < -0.39 is 5.97 Å². The lowest BCUT2D eigenvalue weighted by Crippen LogP contribution is -2.30. The van der Waals surface area contributed by atoms with Gasteiger partial charge in [0.15, 0.2) is 6.61 Å². The Balaban J connectivity index is 1.89. The Bertz CT molecular complexity index is 795. The molecule has 0 spiro atoms. The maximum atomic E-state index is 12.2. The summed E-state index contributed by atoms with van der Waals surface area (Å²) < 4.78 is 10.1. The maximum Gasteiger partial charge on any atom is 0.338 e. The molecule has 0 aliphatic heterocycles. The third-order valence-corrected chi connectivity index (χ3v) is 4.37. The molecule has 0 bridgehead atoms. The lowest BCUT2D eigenvalue weighted by atomic mass is 10.1. The molecule has 0 N–H and O–H groups in total. The van der Waals surface area contributed by atoms with Crippen LogP contribution >= 0.6 is 23.2 Å². The molecule has 0 fully saturated rings. The molecule has 5 nitrogen and oxygen atoms in total. The van der Waals surface area contributed by atoms with E-state index >= 15 is 0 Å². The van der Waals surface area contributed by atoms with Crippen LogP contribution in [0.4, 0.5) is 0 Å². The summed E-state index contributed by atoms with van der Waals surface area (Å²) in [6.45, 7) is 0.383. The maximum absolute atomic E-state index is 12.2. The average Bonchev–Trinajstić information content (AvgIpc) is 2.63. The van der Waals surface area contributed by atoms with Crippen molar-refractivity contribution in [2.75, 3.05) is 20.8 Å². The number of carbonyl (C=O) groups excluding carboxylic acids is 2. The highest BCUT2D eigenvalue weighted by Gasteiger charge is 2.14. The first-order valence-corrected chi connectivity index (χ1v) is 8.59. The number of nitrogens with zero attached hydrogens (tertiary/aromatic N) is 1. The Kier molecular flexibility index (Phi) is 7.45. The molecule has 7 heteroatoms. The summed E-state index contributed by atoms with van der Waals surface area (Å²) in [4.78, 5) is 25.7. The quantitative estimate of drug-likeness (QED) is 0.665. The van der Waals surface area contributed by atoms with Gasteiger partial charge in [-0.15, -0.1) is 0 Å². The van der Waals surface area contributed by atoms with Gasteiger partial charge in [-0.3, -0.25) is 4.79 Å². The first kappa shape index (κ1) is 20.2. The summed E-state index contributed by atoms with van der Waals surface area (Å²) >= 11 is 11.8. The molecule has 0 unspecified atom stereocenters. The fraction of sp³-hybridized carbons (Fsp3) is 0.263. The highest BCUT2D eigenvalue weighted by molar-refractivity contribution is 6.42. The highest BCUT2D eigenvalue weighted by atomic mass is 35.5. The van der Waals surface area contributed by atoms with Crippen LogP contribution in [0.5, 0.6) is 0 Å². The monoisotopic (exact) mass is 395 g/mol. The van der Waals surface area contributed by atoms with Crippen LogP contribution in [0.1, 0.15) is 21.5 Å². The molecule has 0 aliphatic carbocycles. The topological polar surface area (TPSA) is 55.8 Å². The Labute approximate surface area is 162 Å². The van der Waals surface area contributed by atoms with E-state index in [1.165, 1.54) is 4.90 Å². The number of hydrogen-bond donors (Lipinski definition) is 0. The normalized spacial score (nSPS) is 10.5. The summed E-state index contributed by atoms with van der Waals surface area (Å²) in [5.41, 5.74) is 2.05. The zero-order valence-electron chi connectivity index (χ0n) is 14.5. The molecule has 0 saturated heterocycles. The van der Waals surface area contributed by atoms with Crippen LogP contribution in [-0.2, 0) is 27.4 Å². The summed E-state index contributed by atoms with van der Waals surface area (Å²) in [6, 6.07) is 12.0. The number of ether oxygens (including phenoxy) is 2. The molecule has 2 rings (SSSR count). The standard InChI is InChI=1S/C19H19Cl2NO4/c1-22(10-13-6-7-16(20)17(21)9-13)18(23)12-26-19(24)15-5-3-4-14(8-15)11-25-2/h3-9H,10-12H2,1-2H3. The second kappa shape index (κ2) is 9.57. The number of halogens is 2. The SMILES string of the molecule is COCc1cccc(C(=O)OCC(=O)N(C)Cc2ccc(Cl)c(Cl)c2)c1. The summed E-state index contributed by atoms with van der Waals surface area (Å²) in [6.07, 6.45) is 0. The van der Waals surface area contributed by atoms with Crippen molar-refractivity contribution in [2.45, 2.75) is 13.2 Å². The van der Waals surface area contributed by atoms with E-state index in [0.29, 0.717) is 28.8 Å². The van der Waals surface area contributed by atoms with Crippen molar-refractivity contribution in [2.24, 2.45) is 0 Å². The van der Waals surface area contributed by atoms with Gasteiger partial charge in [-0.25, -0.2) is 4.79 Å². The van der Waals surface area contributed by atoms with Gasteiger partial charge in [-0.05, 0) is 35.4 Å². The van der Waals surface area contributed by atoms with Crippen molar-refractivity contribution in [3.8, 4) is 0 Å². The molecule has 0 aliphatic rings. The highest BCUT2D eigenvalue weighted by Crippen LogP contribution is 2.23. The van der Waals surface area contributed by atoms with Gasteiger partial charge in [-0.2, -0.15) is 0 Å². The summed E-state index contributed by atoms with van der Waals surface area (Å²) in [5, 5.41) is 0.876. The van der Waals surface area contributed by atoms with E-state index in [2.05, 4.69) is 0 Å². The number of amides is 1. The van der Waals surface area contributed by atoms with E-state index in [4.69, 9.17) is 32.7 Å². The van der Waals surface area contributed by atoms with E-state index in [-0.39, 0.29) is 12.5 Å². The number of likely N-dealkylation sites (N-methyl/N-ethyl adjacent to an activating group) is 1. The largest absolute Gasteiger partial charge is 0.452 e. The zero-order chi connectivity index (χ0) is 19.1. The van der Waals surface area contributed by atoms with Crippen molar-refractivity contribution in [3.05, 3.63) is 69.2 Å². The lowest BCUT2D eigenvalue weighted by molar-refractivity contribution is -0.133. The van der Waals surface area contributed by atoms with Gasteiger partial charge in [0.25, 0.3) is 5.91 Å². The predicted molar refractivity (Wildman–Crippen MR) is 100 cm³/mol. The average molecular weight is 396 g/mol. The number of carbonyl (C=O) groups is 2. The van der Waals surface area contributed by atoms with E-state index in [1.807, 2.05) is 6.07 Å². The van der Waals surface area contributed by atoms with Crippen LogP contribution < -0.4 is 0 Å². The Morgan fingerprint density at radius 2 is 1.81 bits per heavy atom. The fourth-order valence-electron chi connectivity index (χ4n) is 2.28. The molecule has 1 amide bonds. The Hall–Kier alpha value is -2.08. The van der Waals surface area contributed by atoms with Gasteiger partial charge in [0.1, 0.15) is 0 Å². The van der Waals surface area contributed by atoms with Crippen molar-refractivity contribution < 1.29 is 19.1 Å². The molecule has 0 aromatic heterocycles. The van der Waals surface area contributed by atoms with Crippen LogP contribution in [0.25, 0.3) is 0 Å². The zero-order valence-corrected chi connectivity index (χ0v) is 16.0. The van der Waals surface area contributed by atoms with E-state index in [0.717, 1.165) is 11.1 Å². The van der Waals surface area contributed by atoms with Gasteiger partial charge in [0, 0.05) is 20.7 Å². The molecule has 0 saturated carbocycles. The molecule has 26 heavy (non-hydrogen) atoms. The minimum atomic E-state index is -0.556. The van der Waals surface area contributed by atoms with Crippen LogP contribution in [-0.4, -0.2) is 37.5 Å². The molecular weight excluding hydrogens is 377 g/mol. The minimum Gasteiger partial charge on any atom is -0.452 e. The first-order valence-electron chi connectivity index (χ1n) is 7.83. The second-order valence-corrected chi connectivity index (χ2v) is 6.52. The molecule has 2 aromatic rings. The second-order valence-electron chi connectivity index (χ2n) is 5.71. The molecule has 2 aromatic carbocycles. The van der Waals surface area contributed by atoms with Crippen LogP contribution in [0, 0.1) is 0 Å². The van der Waals surface area contributed by atoms with E-state index in [1.54, 1.807) is 50.6 Å². The van der Waals surface area contributed by atoms with Crippen LogP contribution in [0.3, 0.4) is 0 Å². The van der Waals surface area contributed by atoms with Crippen LogP contribution in [0.2, 0.25) is 10.0 Å². The van der Waals surface area contributed by atoms with Gasteiger partial charge in [-0.1, -0.05) is 41.4 Å². The molecule has 138 valence electrons. The lowest BCUT2D eigenvalue weighted by Gasteiger charge is -2.17. The first-order chi connectivity index (χ1) is 12.4. The number of methoxy groups -OCH3 is 1. The smallest absolute Gasteiger partial charge is 0.338 e. The van der Waals surface area contributed by atoms with Crippen molar-refractivity contribution in [1.29, 1.82) is 0 Å². The summed E-state index contributed by atoms with van der Waals surface area (Å²) in [7, 11) is 3.20. The Morgan fingerprint density at radius 3 is 2.50 bits per heavy atom. The van der Waals surface area contributed by atoms with Gasteiger partial charge < -0.3 is 14.4 Å². The minimum absolute atomic E-state index is 0.322. The number of hydrogen-bond acceptors (Lipinski definition) is 4.